The highest BCUT2D eigenvalue weighted by atomic mass is 32.1. The zero-order valence-electron chi connectivity index (χ0n) is 18.5. The number of aliphatic carboxylic acids is 2. The fourth-order valence-electron chi connectivity index (χ4n) is 3.50. The summed E-state index contributed by atoms with van der Waals surface area (Å²) in [5, 5.41) is 28.7. The molecule has 0 spiro atoms. The van der Waals surface area contributed by atoms with E-state index >= 15 is 0 Å². The van der Waals surface area contributed by atoms with E-state index in [-0.39, 0.29) is 24.5 Å². The maximum absolute atomic E-state index is 12.9. The number of benzene rings is 1. The zero-order valence-corrected chi connectivity index (χ0v) is 19.4. The summed E-state index contributed by atoms with van der Waals surface area (Å²) >= 11 is 4.15. The largest absolute Gasteiger partial charge is 0.481 e. The number of hydrogen-bond acceptors (Lipinski definition) is 7. The molecule has 1 heterocycles. The van der Waals surface area contributed by atoms with E-state index in [1.54, 1.807) is 30.3 Å². The summed E-state index contributed by atoms with van der Waals surface area (Å²) in [6.07, 6.45) is 0.795. The van der Waals surface area contributed by atoms with E-state index in [0.29, 0.717) is 18.5 Å². The Morgan fingerprint density at radius 2 is 1.62 bits per heavy atom. The molecule has 1 aliphatic heterocycles. The van der Waals surface area contributed by atoms with Crippen LogP contribution in [0.5, 0.6) is 0 Å². The van der Waals surface area contributed by atoms with Gasteiger partial charge in [-0.15, -0.1) is 0 Å². The molecular weight excluding hydrogens is 464 g/mol. The van der Waals surface area contributed by atoms with E-state index in [0.717, 1.165) is 6.42 Å². The van der Waals surface area contributed by atoms with Gasteiger partial charge in [-0.25, -0.2) is 4.79 Å². The molecule has 1 aromatic carbocycles. The lowest BCUT2D eigenvalue weighted by atomic mass is 10.0. The summed E-state index contributed by atoms with van der Waals surface area (Å²) < 4.78 is 0. The molecule has 2 rings (SSSR count). The van der Waals surface area contributed by atoms with Crippen LogP contribution in [0.2, 0.25) is 0 Å². The lowest BCUT2D eigenvalue weighted by Gasteiger charge is -2.24. The number of carbonyl (C=O) groups is 5. The molecule has 6 N–H and O–H groups in total. The molecule has 0 saturated carbocycles. The SMILES string of the molecule is O=C(O)CCC(NC(=O)C(Cc1ccccc1)NC(=O)C(CS)NC(=O)C1CCCN1)C(=O)O. The van der Waals surface area contributed by atoms with Gasteiger partial charge in [-0.3, -0.25) is 19.2 Å². The van der Waals surface area contributed by atoms with E-state index in [4.69, 9.17) is 5.11 Å². The van der Waals surface area contributed by atoms with Crippen molar-refractivity contribution in [3.05, 3.63) is 35.9 Å². The van der Waals surface area contributed by atoms with Crippen molar-refractivity contribution in [2.24, 2.45) is 0 Å². The van der Waals surface area contributed by atoms with Gasteiger partial charge in [0.1, 0.15) is 18.1 Å². The third kappa shape index (κ3) is 8.67. The van der Waals surface area contributed by atoms with Gasteiger partial charge < -0.3 is 31.5 Å². The minimum absolute atomic E-state index is 0.0136. The van der Waals surface area contributed by atoms with Gasteiger partial charge in [0.2, 0.25) is 17.7 Å². The second-order valence-corrected chi connectivity index (χ2v) is 8.34. The number of amides is 3. The number of hydrogen-bond donors (Lipinski definition) is 7. The second-order valence-electron chi connectivity index (χ2n) is 7.98. The Balaban J connectivity index is 2.12. The number of carboxylic acids is 2. The van der Waals surface area contributed by atoms with Gasteiger partial charge in [0, 0.05) is 18.6 Å². The van der Waals surface area contributed by atoms with Gasteiger partial charge in [0.15, 0.2) is 0 Å². The number of thiol groups is 1. The normalized spacial score (nSPS) is 17.7. The molecule has 34 heavy (non-hydrogen) atoms. The van der Waals surface area contributed by atoms with Crippen molar-refractivity contribution in [1.82, 2.24) is 21.3 Å². The minimum atomic E-state index is -1.44. The molecule has 3 amide bonds. The molecule has 11 nitrogen and oxygen atoms in total. The number of rotatable bonds is 13. The predicted molar refractivity (Wildman–Crippen MR) is 125 cm³/mol. The maximum atomic E-state index is 12.9. The highest BCUT2D eigenvalue weighted by Gasteiger charge is 2.31. The van der Waals surface area contributed by atoms with Crippen molar-refractivity contribution >= 4 is 42.3 Å². The highest BCUT2D eigenvalue weighted by Crippen LogP contribution is 2.08. The fourth-order valence-corrected chi connectivity index (χ4v) is 3.76. The average molecular weight is 495 g/mol. The maximum Gasteiger partial charge on any atom is 0.326 e. The first-order valence-electron chi connectivity index (χ1n) is 10.9. The van der Waals surface area contributed by atoms with Gasteiger partial charge >= 0.3 is 11.9 Å². The first kappa shape index (κ1) is 27.1. The molecule has 12 heteroatoms. The van der Waals surface area contributed by atoms with Crippen LogP contribution in [0.25, 0.3) is 0 Å². The summed E-state index contributed by atoms with van der Waals surface area (Å²) in [5.74, 6) is -4.36. The smallest absolute Gasteiger partial charge is 0.326 e. The lowest BCUT2D eigenvalue weighted by Crippen LogP contribution is -2.58. The molecule has 0 radical (unpaired) electrons. The van der Waals surface area contributed by atoms with Crippen LogP contribution in [0.15, 0.2) is 30.3 Å². The van der Waals surface area contributed by atoms with Crippen LogP contribution in [0, 0.1) is 0 Å². The number of carboxylic acid groups (broad SMARTS) is 2. The molecular formula is C22H30N4O7S. The Labute approximate surface area is 202 Å². The quantitative estimate of drug-likeness (QED) is 0.177. The van der Waals surface area contributed by atoms with Crippen LogP contribution in [-0.2, 0) is 30.4 Å². The van der Waals surface area contributed by atoms with Crippen molar-refractivity contribution in [2.45, 2.75) is 56.3 Å². The Morgan fingerprint density at radius 3 is 2.18 bits per heavy atom. The molecule has 0 aliphatic carbocycles. The summed E-state index contributed by atoms with van der Waals surface area (Å²) in [5.41, 5.74) is 0.710. The van der Waals surface area contributed by atoms with Crippen LogP contribution >= 0.6 is 12.6 Å². The standard InChI is InChI=1S/C22H30N4O7S/c27-18(28)9-8-15(22(32)33)24-20(30)16(11-13-5-2-1-3-6-13)25-21(31)17(12-34)26-19(29)14-7-4-10-23-14/h1-3,5-6,14-17,23,34H,4,7-12H2,(H,24,30)(H,25,31)(H,26,29)(H,27,28)(H,32,33). The first-order valence-corrected chi connectivity index (χ1v) is 11.6. The molecule has 4 unspecified atom stereocenters. The topological polar surface area (TPSA) is 174 Å². The highest BCUT2D eigenvalue weighted by molar-refractivity contribution is 7.80. The molecule has 1 fully saturated rings. The number of nitrogens with one attached hydrogen (secondary N) is 4. The van der Waals surface area contributed by atoms with Crippen LogP contribution in [0.1, 0.15) is 31.2 Å². The lowest BCUT2D eigenvalue weighted by molar-refractivity contribution is -0.143. The fraction of sp³-hybridized carbons (Fsp3) is 0.500. The van der Waals surface area contributed by atoms with Gasteiger partial charge in [0.05, 0.1) is 6.04 Å². The van der Waals surface area contributed by atoms with Crippen molar-refractivity contribution in [3.8, 4) is 0 Å². The summed E-state index contributed by atoms with van der Waals surface area (Å²) in [7, 11) is 0. The molecule has 4 atom stereocenters. The Bertz CT molecular complexity index is 877. The number of carbonyl (C=O) groups excluding carboxylic acids is 3. The Morgan fingerprint density at radius 1 is 0.971 bits per heavy atom. The van der Waals surface area contributed by atoms with Crippen molar-refractivity contribution in [2.75, 3.05) is 12.3 Å². The van der Waals surface area contributed by atoms with Crippen molar-refractivity contribution < 1.29 is 34.2 Å². The first-order chi connectivity index (χ1) is 16.2. The zero-order chi connectivity index (χ0) is 25.1. The monoisotopic (exact) mass is 494 g/mol. The van der Waals surface area contributed by atoms with E-state index in [1.165, 1.54) is 0 Å². The van der Waals surface area contributed by atoms with E-state index in [2.05, 4.69) is 33.9 Å². The van der Waals surface area contributed by atoms with Crippen molar-refractivity contribution in [3.63, 3.8) is 0 Å². The molecule has 0 bridgehead atoms. The van der Waals surface area contributed by atoms with Crippen LogP contribution < -0.4 is 21.3 Å². The van der Waals surface area contributed by atoms with Crippen LogP contribution in [-0.4, -0.2) is 76.3 Å². The Hall–Kier alpha value is -3.12. The summed E-state index contributed by atoms with van der Waals surface area (Å²) in [4.78, 5) is 60.5. The van der Waals surface area contributed by atoms with Crippen LogP contribution in [0.4, 0.5) is 0 Å². The molecule has 0 aromatic heterocycles. The molecule has 1 aromatic rings. The van der Waals surface area contributed by atoms with Gasteiger partial charge in [-0.2, -0.15) is 12.6 Å². The molecule has 1 saturated heterocycles. The molecule has 1 aliphatic rings. The average Bonchev–Trinajstić information content (AvgIpc) is 3.35. The molecule has 186 valence electrons. The van der Waals surface area contributed by atoms with Gasteiger partial charge in [-0.05, 0) is 31.4 Å². The van der Waals surface area contributed by atoms with Crippen molar-refractivity contribution in [1.29, 1.82) is 0 Å². The second kappa shape index (κ2) is 13.6. The van der Waals surface area contributed by atoms with Gasteiger partial charge in [0.25, 0.3) is 0 Å². The van der Waals surface area contributed by atoms with E-state index in [9.17, 15) is 29.1 Å². The minimum Gasteiger partial charge on any atom is -0.481 e. The van der Waals surface area contributed by atoms with E-state index < -0.39 is 54.3 Å². The predicted octanol–water partition coefficient (Wildman–Crippen LogP) is -0.685. The summed E-state index contributed by atoms with van der Waals surface area (Å²) in [6.45, 7) is 0.710. The van der Waals surface area contributed by atoms with Gasteiger partial charge in [-0.1, -0.05) is 30.3 Å². The third-order valence-corrected chi connectivity index (χ3v) is 5.73. The van der Waals surface area contributed by atoms with Crippen LogP contribution in [0.3, 0.4) is 0 Å². The third-order valence-electron chi connectivity index (χ3n) is 5.37. The summed E-state index contributed by atoms with van der Waals surface area (Å²) in [6, 6.07) is 4.78. The van der Waals surface area contributed by atoms with E-state index in [1.807, 2.05) is 0 Å². The Kier molecular flexibility index (Phi) is 10.8.